The van der Waals surface area contributed by atoms with E-state index in [1.54, 1.807) is 0 Å². The standard InChI is InChI=1S/C26H22FN3O2/c27-20-11-13-22(14-12-20)30-25(31)23(19-7-3-1-4-8-19)24(26(30)32)29-17-15-28(16-18-29)21-9-5-2-6-10-21/h1-14H,15-18H2. The quantitative estimate of drug-likeness (QED) is 0.592. The van der Waals surface area contributed by atoms with E-state index in [-0.39, 0.29) is 11.8 Å². The molecule has 0 aliphatic carbocycles. The Kier molecular flexibility index (Phi) is 5.19. The summed E-state index contributed by atoms with van der Waals surface area (Å²) < 4.78 is 13.4. The molecule has 1 saturated heterocycles. The van der Waals surface area contributed by atoms with Crippen LogP contribution in [0, 0.1) is 5.82 Å². The third-order valence-electron chi connectivity index (χ3n) is 5.92. The highest BCUT2D eigenvalue weighted by molar-refractivity contribution is 6.45. The summed E-state index contributed by atoms with van der Waals surface area (Å²) in [5.41, 5.74) is 3.03. The molecular weight excluding hydrogens is 405 g/mol. The van der Waals surface area contributed by atoms with Gasteiger partial charge in [-0.1, -0.05) is 48.5 Å². The van der Waals surface area contributed by atoms with Gasteiger partial charge in [0.2, 0.25) is 0 Å². The van der Waals surface area contributed by atoms with Crippen LogP contribution in [0.3, 0.4) is 0 Å². The molecule has 32 heavy (non-hydrogen) atoms. The molecule has 2 aliphatic rings. The molecule has 2 aliphatic heterocycles. The minimum Gasteiger partial charge on any atom is -0.368 e. The molecule has 6 heteroatoms. The number of para-hydroxylation sites is 1. The summed E-state index contributed by atoms with van der Waals surface area (Å²) in [6.45, 7) is 2.73. The van der Waals surface area contributed by atoms with Gasteiger partial charge in [-0.3, -0.25) is 9.59 Å². The van der Waals surface area contributed by atoms with Gasteiger partial charge in [-0.05, 0) is 42.0 Å². The second-order valence-electron chi connectivity index (χ2n) is 7.82. The summed E-state index contributed by atoms with van der Waals surface area (Å²) in [6, 6.07) is 24.9. The lowest BCUT2D eigenvalue weighted by atomic mass is 10.0. The zero-order chi connectivity index (χ0) is 22.1. The number of nitrogens with zero attached hydrogens (tertiary/aromatic N) is 3. The van der Waals surface area contributed by atoms with E-state index < -0.39 is 5.82 Å². The van der Waals surface area contributed by atoms with Gasteiger partial charge in [-0.15, -0.1) is 0 Å². The minimum atomic E-state index is -0.415. The average molecular weight is 427 g/mol. The van der Waals surface area contributed by atoms with Crippen LogP contribution in [-0.2, 0) is 9.59 Å². The first kappa shape index (κ1) is 20.0. The highest BCUT2D eigenvalue weighted by Gasteiger charge is 2.43. The molecule has 0 N–H and O–H groups in total. The molecular formula is C26H22FN3O2. The van der Waals surface area contributed by atoms with E-state index in [1.165, 1.54) is 24.3 Å². The Balaban J connectivity index is 1.49. The maximum absolute atomic E-state index is 13.5. The van der Waals surface area contributed by atoms with Crippen LogP contribution in [-0.4, -0.2) is 42.9 Å². The third-order valence-corrected chi connectivity index (χ3v) is 5.92. The molecule has 2 amide bonds. The van der Waals surface area contributed by atoms with Crippen molar-refractivity contribution in [3.05, 3.63) is 102 Å². The van der Waals surface area contributed by atoms with E-state index in [2.05, 4.69) is 17.0 Å². The highest BCUT2D eigenvalue weighted by Crippen LogP contribution is 2.35. The molecule has 0 atom stereocenters. The highest BCUT2D eigenvalue weighted by atomic mass is 19.1. The average Bonchev–Trinajstić information content (AvgIpc) is 3.11. The number of carbonyl (C=O) groups excluding carboxylic acids is 2. The predicted octanol–water partition coefficient (Wildman–Crippen LogP) is 3.93. The second-order valence-corrected chi connectivity index (χ2v) is 7.82. The van der Waals surface area contributed by atoms with Crippen LogP contribution in [0.5, 0.6) is 0 Å². The lowest BCUT2D eigenvalue weighted by Gasteiger charge is -2.37. The number of anilines is 2. The maximum atomic E-state index is 13.5. The fraction of sp³-hybridized carbons (Fsp3) is 0.154. The summed E-state index contributed by atoms with van der Waals surface area (Å²) in [5.74, 6) is -1.16. The van der Waals surface area contributed by atoms with Crippen LogP contribution in [0.25, 0.3) is 5.57 Å². The van der Waals surface area contributed by atoms with Gasteiger partial charge in [-0.25, -0.2) is 9.29 Å². The molecule has 1 fully saturated rings. The van der Waals surface area contributed by atoms with Crippen LogP contribution in [0.1, 0.15) is 5.56 Å². The van der Waals surface area contributed by atoms with Crippen molar-refractivity contribution in [3.8, 4) is 0 Å². The van der Waals surface area contributed by atoms with E-state index in [1.807, 2.05) is 53.4 Å². The molecule has 160 valence electrons. The Morgan fingerprint density at radius 1 is 0.594 bits per heavy atom. The molecule has 5 nitrogen and oxygen atoms in total. The number of imide groups is 1. The first-order chi connectivity index (χ1) is 15.6. The predicted molar refractivity (Wildman–Crippen MR) is 122 cm³/mol. The number of hydrogen-bond donors (Lipinski definition) is 0. The van der Waals surface area contributed by atoms with Gasteiger partial charge in [0, 0.05) is 31.9 Å². The van der Waals surface area contributed by atoms with E-state index >= 15 is 0 Å². The van der Waals surface area contributed by atoms with Gasteiger partial charge in [0.05, 0.1) is 11.3 Å². The van der Waals surface area contributed by atoms with Crippen LogP contribution >= 0.6 is 0 Å². The van der Waals surface area contributed by atoms with Crippen molar-refractivity contribution >= 4 is 28.8 Å². The Hall–Kier alpha value is -3.93. The van der Waals surface area contributed by atoms with Crippen LogP contribution in [0.15, 0.2) is 90.6 Å². The van der Waals surface area contributed by atoms with Crippen molar-refractivity contribution < 1.29 is 14.0 Å². The molecule has 0 aromatic heterocycles. The van der Waals surface area contributed by atoms with E-state index in [0.29, 0.717) is 35.6 Å². The lowest BCUT2D eigenvalue weighted by molar-refractivity contribution is -0.120. The first-order valence-electron chi connectivity index (χ1n) is 10.6. The van der Waals surface area contributed by atoms with Crippen molar-refractivity contribution in [1.29, 1.82) is 0 Å². The Morgan fingerprint density at radius 2 is 1.16 bits per heavy atom. The normalized spacial score (nSPS) is 16.8. The summed E-state index contributed by atoms with van der Waals surface area (Å²) in [5, 5.41) is 0. The Bertz CT molecular complexity index is 1170. The smallest absolute Gasteiger partial charge is 0.282 e. The number of hydrogen-bond acceptors (Lipinski definition) is 4. The maximum Gasteiger partial charge on any atom is 0.282 e. The van der Waals surface area contributed by atoms with Gasteiger partial charge in [-0.2, -0.15) is 0 Å². The van der Waals surface area contributed by atoms with Gasteiger partial charge < -0.3 is 9.80 Å². The fourth-order valence-electron chi connectivity index (χ4n) is 4.33. The van der Waals surface area contributed by atoms with Gasteiger partial charge in [0.25, 0.3) is 11.8 Å². The number of carbonyl (C=O) groups is 2. The zero-order valence-electron chi connectivity index (χ0n) is 17.4. The number of benzene rings is 3. The van der Waals surface area contributed by atoms with Crippen LogP contribution in [0.2, 0.25) is 0 Å². The lowest BCUT2D eigenvalue weighted by Crippen LogP contribution is -2.47. The van der Waals surface area contributed by atoms with E-state index in [9.17, 15) is 14.0 Å². The summed E-state index contributed by atoms with van der Waals surface area (Å²) >= 11 is 0. The molecule has 0 bridgehead atoms. The topological polar surface area (TPSA) is 43.9 Å². The van der Waals surface area contributed by atoms with Gasteiger partial charge in [0.1, 0.15) is 11.5 Å². The minimum absolute atomic E-state index is 0.367. The first-order valence-corrected chi connectivity index (χ1v) is 10.6. The van der Waals surface area contributed by atoms with E-state index in [4.69, 9.17) is 0 Å². The molecule has 0 spiro atoms. The van der Waals surface area contributed by atoms with Crippen molar-refractivity contribution in [2.24, 2.45) is 0 Å². The summed E-state index contributed by atoms with van der Waals surface area (Å²) in [4.78, 5) is 32.4. The van der Waals surface area contributed by atoms with Gasteiger partial charge in [0.15, 0.2) is 0 Å². The van der Waals surface area contributed by atoms with Crippen molar-refractivity contribution in [2.75, 3.05) is 36.0 Å². The largest absolute Gasteiger partial charge is 0.368 e. The Labute approximate surface area is 186 Å². The summed E-state index contributed by atoms with van der Waals surface area (Å²) in [6.07, 6.45) is 0. The van der Waals surface area contributed by atoms with Crippen molar-refractivity contribution in [2.45, 2.75) is 0 Å². The van der Waals surface area contributed by atoms with Crippen molar-refractivity contribution in [1.82, 2.24) is 4.90 Å². The zero-order valence-corrected chi connectivity index (χ0v) is 17.4. The van der Waals surface area contributed by atoms with Crippen LogP contribution in [0.4, 0.5) is 15.8 Å². The second kappa shape index (κ2) is 8.30. The molecule has 0 saturated carbocycles. The molecule has 0 radical (unpaired) electrons. The number of halogens is 1. The molecule has 2 heterocycles. The molecule has 0 unspecified atom stereocenters. The monoisotopic (exact) mass is 427 g/mol. The number of amides is 2. The van der Waals surface area contributed by atoms with E-state index in [0.717, 1.165) is 23.7 Å². The van der Waals surface area contributed by atoms with Crippen LogP contribution < -0.4 is 9.80 Å². The fourth-order valence-corrected chi connectivity index (χ4v) is 4.33. The Morgan fingerprint density at radius 3 is 1.78 bits per heavy atom. The SMILES string of the molecule is O=C1C(c2ccccc2)=C(N2CCN(c3ccccc3)CC2)C(=O)N1c1ccc(F)cc1. The number of piperazine rings is 1. The number of rotatable bonds is 4. The van der Waals surface area contributed by atoms with Crippen molar-refractivity contribution in [3.63, 3.8) is 0 Å². The third kappa shape index (κ3) is 3.54. The molecule has 3 aromatic rings. The van der Waals surface area contributed by atoms with Gasteiger partial charge >= 0.3 is 0 Å². The molecule has 5 rings (SSSR count). The molecule has 3 aromatic carbocycles. The summed E-state index contributed by atoms with van der Waals surface area (Å²) in [7, 11) is 0.